The molecule has 0 bridgehead atoms. The topological polar surface area (TPSA) is 64.1 Å². The first kappa shape index (κ1) is 14.4. The van der Waals surface area contributed by atoms with Crippen molar-refractivity contribution in [2.45, 2.75) is 12.1 Å². The van der Waals surface area contributed by atoms with E-state index in [-0.39, 0.29) is 6.04 Å². The van der Waals surface area contributed by atoms with Crippen LogP contribution in [0.15, 0.2) is 73.1 Å². The summed E-state index contributed by atoms with van der Waals surface area (Å²) in [5.74, 6) is 0. The fourth-order valence-electron chi connectivity index (χ4n) is 2.85. The monoisotopic (exact) mass is 317 g/mol. The molecule has 0 radical (unpaired) electrons. The molecular weight excluding hydrogens is 302 g/mol. The highest BCUT2D eigenvalue weighted by atomic mass is 16.6. The second-order valence-corrected chi connectivity index (χ2v) is 5.55. The van der Waals surface area contributed by atoms with Gasteiger partial charge in [0.05, 0.1) is 11.4 Å². The number of ether oxygens (including phenoxy) is 1. The Kier molecular flexibility index (Phi) is 3.67. The lowest BCUT2D eigenvalue weighted by molar-refractivity contribution is 0.132. The van der Waals surface area contributed by atoms with Gasteiger partial charge in [-0.3, -0.25) is 9.97 Å². The van der Waals surface area contributed by atoms with Gasteiger partial charge in [0.1, 0.15) is 6.04 Å². The van der Waals surface area contributed by atoms with Gasteiger partial charge in [0.25, 0.3) is 0 Å². The average Bonchev–Trinajstić information content (AvgIpc) is 3.05. The molecule has 1 aliphatic rings. The van der Waals surface area contributed by atoms with E-state index in [4.69, 9.17) is 9.72 Å². The SMILES string of the molecule is O=C1N[C@H](c2cccc(-c3cccnc3)n2)[C@@H](c2ccccc2)O1. The first-order valence-corrected chi connectivity index (χ1v) is 7.71. The van der Waals surface area contributed by atoms with Gasteiger partial charge in [-0.15, -0.1) is 0 Å². The number of amides is 1. The summed E-state index contributed by atoms with van der Waals surface area (Å²) in [6.07, 6.45) is 2.67. The van der Waals surface area contributed by atoms with E-state index in [1.165, 1.54) is 0 Å². The number of pyridine rings is 2. The molecule has 2 aromatic heterocycles. The van der Waals surface area contributed by atoms with Crippen LogP contribution < -0.4 is 5.32 Å². The third kappa shape index (κ3) is 2.72. The van der Waals surface area contributed by atoms with Gasteiger partial charge < -0.3 is 10.1 Å². The van der Waals surface area contributed by atoms with E-state index in [0.717, 1.165) is 22.5 Å². The first-order valence-electron chi connectivity index (χ1n) is 7.71. The number of alkyl carbamates (subject to hydrolysis) is 1. The van der Waals surface area contributed by atoms with Gasteiger partial charge in [-0.25, -0.2) is 4.79 Å². The number of carbonyl (C=O) groups is 1. The van der Waals surface area contributed by atoms with Crippen LogP contribution in [0.4, 0.5) is 4.79 Å². The van der Waals surface area contributed by atoms with E-state index in [2.05, 4.69) is 10.3 Å². The van der Waals surface area contributed by atoms with Gasteiger partial charge in [-0.2, -0.15) is 0 Å². The highest BCUT2D eigenvalue weighted by Gasteiger charge is 2.37. The Balaban J connectivity index is 1.71. The molecule has 5 nitrogen and oxygen atoms in total. The zero-order valence-corrected chi connectivity index (χ0v) is 12.8. The van der Waals surface area contributed by atoms with Crippen LogP contribution in [-0.4, -0.2) is 16.1 Å². The number of hydrogen-bond donors (Lipinski definition) is 1. The lowest BCUT2D eigenvalue weighted by atomic mass is 9.99. The van der Waals surface area contributed by atoms with Crippen molar-refractivity contribution in [3.63, 3.8) is 0 Å². The van der Waals surface area contributed by atoms with Crippen molar-refractivity contribution in [2.24, 2.45) is 0 Å². The van der Waals surface area contributed by atoms with E-state index < -0.39 is 12.2 Å². The molecule has 1 N–H and O–H groups in total. The standard InChI is InChI=1S/C19H15N3O2/c23-19-22-17(18(24-19)13-6-2-1-3-7-13)16-10-4-9-15(21-16)14-8-5-11-20-12-14/h1-12,17-18H,(H,22,23)/t17-,18-/m1/s1. The number of nitrogens with zero attached hydrogens (tertiary/aromatic N) is 2. The van der Waals surface area contributed by atoms with Crippen molar-refractivity contribution in [1.29, 1.82) is 0 Å². The largest absolute Gasteiger partial charge is 0.439 e. The maximum atomic E-state index is 11.8. The summed E-state index contributed by atoms with van der Waals surface area (Å²) >= 11 is 0. The number of hydrogen-bond acceptors (Lipinski definition) is 4. The van der Waals surface area contributed by atoms with Crippen LogP contribution >= 0.6 is 0 Å². The predicted molar refractivity (Wildman–Crippen MR) is 89.0 cm³/mol. The van der Waals surface area contributed by atoms with Crippen LogP contribution in [0.2, 0.25) is 0 Å². The lowest BCUT2D eigenvalue weighted by Crippen LogP contribution is -2.20. The van der Waals surface area contributed by atoms with E-state index in [1.54, 1.807) is 12.4 Å². The third-order valence-electron chi connectivity index (χ3n) is 3.98. The molecule has 0 aliphatic carbocycles. The zero-order chi connectivity index (χ0) is 16.4. The maximum absolute atomic E-state index is 11.8. The number of nitrogens with one attached hydrogen (secondary N) is 1. The second kappa shape index (κ2) is 6.12. The van der Waals surface area contributed by atoms with E-state index in [1.807, 2.05) is 60.7 Å². The number of rotatable bonds is 3. The number of benzene rings is 1. The Morgan fingerprint density at radius 2 is 1.83 bits per heavy atom. The predicted octanol–water partition coefficient (Wildman–Crippen LogP) is 3.67. The van der Waals surface area contributed by atoms with Gasteiger partial charge in [0, 0.05) is 18.0 Å². The minimum Gasteiger partial charge on any atom is -0.439 e. The molecule has 3 aromatic rings. The van der Waals surface area contributed by atoms with Crippen LogP contribution in [0.3, 0.4) is 0 Å². The summed E-state index contributed by atoms with van der Waals surface area (Å²) in [6.45, 7) is 0. The minimum absolute atomic E-state index is 0.323. The molecule has 2 atom stereocenters. The van der Waals surface area contributed by atoms with Crippen molar-refractivity contribution in [3.05, 3.63) is 84.3 Å². The van der Waals surface area contributed by atoms with Crippen LogP contribution in [0.25, 0.3) is 11.3 Å². The molecular formula is C19H15N3O2. The molecule has 4 rings (SSSR count). The van der Waals surface area contributed by atoms with Gasteiger partial charge >= 0.3 is 6.09 Å². The molecule has 0 unspecified atom stereocenters. The summed E-state index contributed by atoms with van der Waals surface area (Å²) < 4.78 is 5.46. The van der Waals surface area contributed by atoms with Gasteiger partial charge in [0.15, 0.2) is 6.10 Å². The molecule has 1 aromatic carbocycles. The summed E-state index contributed by atoms with van der Waals surface area (Å²) in [5.41, 5.74) is 3.44. The summed E-state index contributed by atoms with van der Waals surface area (Å²) in [4.78, 5) is 20.6. The summed E-state index contributed by atoms with van der Waals surface area (Å²) in [5, 5.41) is 2.86. The smallest absolute Gasteiger partial charge is 0.408 e. The number of carbonyl (C=O) groups excluding carboxylic acids is 1. The van der Waals surface area contributed by atoms with E-state index in [9.17, 15) is 4.79 Å². The third-order valence-corrected chi connectivity index (χ3v) is 3.98. The van der Waals surface area contributed by atoms with Crippen molar-refractivity contribution in [2.75, 3.05) is 0 Å². The van der Waals surface area contributed by atoms with Crippen LogP contribution in [-0.2, 0) is 4.74 Å². The maximum Gasteiger partial charge on any atom is 0.408 e. The normalized spacial score (nSPS) is 19.6. The lowest BCUT2D eigenvalue weighted by Gasteiger charge is -2.17. The molecule has 0 spiro atoms. The van der Waals surface area contributed by atoms with Gasteiger partial charge in [-0.1, -0.05) is 36.4 Å². The minimum atomic E-state index is -0.428. The number of cyclic esters (lactones) is 1. The van der Waals surface area contributed by atoms with Crippen molar-refractivity contribution >= 4 is 6.09 Å². The van der Waals surface area contributed by atoms with Gasteiger partial charge in [-0.05, 0) is 29.8 Å². The fraction of sp³-hybridized carbons (Fsp3) is 0.105. The Morgan fingerprint density at radius 3 is 2.62 bits per heavy atom. The van der Waals surface area contributed by atoms with Gasteiger partial charge in [0.2, 0.25) is 0 Å². The molecule has 24 heavy (non-hydrogen) atoms. The van der Waals surface area contributed by atoms with Crippen LogP contribution in [0.1, 0.15) is 23.4 Å². The average molecular weight is 317 g/mol. The highest BCUT2D eigenvalue weighted by Crippen LogP contribution is 2.36. The van der Waals surface area contributed by atoms with E-state index >= 15 is 0 Å². The molecule has 3 heterocycles. The Hall–Kier alpha value is -3.21. The first-order chi connectivity index (χ1) is 11.8. The zero-order valence-electron chi connectivity index (χ0n) is 12.8. The Bertz CT molecular complexity index is 853. The molecule has 0 saturated carbocycles. The molecule has 1 saturated heterocycles. The van der Waals surface area contributed by atoms with Crippen molar-refractivity contribution < 1.29 is 9.53 Å². The van der Waals surface area contributed by atoms with Crippen LogP contribution in [0.5, 0.6) is 0 Å². The van der Waals surface area contributed by atoms with Crippen LogP contribution in [0, 0.1) is 0 Å². The molecule has 1 fully saturated rings. The number of aromatic nitrogens is 2. The Labute approximate surface area is 139 Å². The molecule has 5 heteroatoms. The molecule has 1 aliphatic heterocycles. The second-order valence-electron chi connectivity index (χ2n) is 5.55. The highest BCUT2D eigenvalue weighted by molar-refractivity contribution is 5.71. The molecule has 118 valence electrons. The Morgan fingerprint density at radius 1 is 0.958 bits per heavy atom. The quantitative estimate of drug-likeness (QED) is 0.800. The summed E-state index contributed by atoms with van der Waals surface area (Å²) in [7, 11) is 0. The molecule has 1 amide bonds. The van der Waals surface area contributed by atoms with Crippen molar-refractivity contribution in [1.82, 2.24) is 15.3 Å². The summed E-state index contributed by atoms with van der Waals surface area (Å²) in [6, 6.07) is 18.9. The van der Waals surface area contributed by atoms with Crippen molar-refractivity contribution in [3.8, 4) is 11.3 Å². The fourth-order valence-corrected chi connectivity index (χ4v) is 2.85. The van der Waals surface area contributed by atoms with E-state index in [0.29, 0.717) is 0 Å².